The molecule has 6 heteroatoms. The second-order valence-electron chi connectivity index (χ2n) is 5.21. The Hall–Kier alpha value is -2.80. The summed E-state index contributed by atoms with van der Waals surface area (Å²) in [5, 5.41) is 13.2. The highest BCUT2D eigenvalue weighted by Gasteiger charge is 2.05. The van der Waals surface area contributed by atoms with Gasteiger partial charge in [0.05, 0.1) is 17.1 Å². The molecule has 1 aromatic heterocycles. The van der Waals surface area contributed by atoms with Crippen molar-refractivity contribution in [1.29, 1.82) is 5.26 Å². The van der Waals surface area contributed by atoms with Crippen molar-refractivity contribution in [2.45, 2.75) is 6.42 Å². The lowest BCUT2D eigenvalue weighted by atomic mass is 9.79. The van der Waals surface area contributed by atoms with Crippen LogP contribution in [0.25, 0.3) is 10.9 Å². The van der Waals surface area contributed by atoms with Gasteiger partial charge < -0.3 is 5.32 Å². The predicted octanol–water partition coefficient (Wildman–Crippen LogP) is 0.744. The molecule has 0 fully saturated rings. The number of rotatable bonds is 4. The summed E-state index contributed by atoms with van der Waals surface area (Å²) in [5.41, 5.74) is 3.67. The van der Waals surface area contributed by atoms with Crippen LogP contribution in [0.15, 0.2) is 42.7 Å². The van der Waals surface area contributed by atoms with Crippen molar-refractivity contribution in [3.63, 3.8) is 0 Å². The minimum atomic E-state index is 0.585. The summed E-state index contributed by atoms with van der Waals surface area (Å²) in [5.74, 6) is 0.718. The maximum absolute atomic E-state index is 9.03. The van der Waals surface area contributed by atoms with E-state index >= 15 is 0 Å². The van der Waals surface area contributed by atoms with Crippen LogP contribution in [0, 0.1) is 11.3 Å². The second-order valence-corrected chi connectivity index (χ2v) is 5.21. The largest absolute Gasteiger partial charge is 0.369 e. The van der Waals surface area contributed by atoms with E-state index in [1.807, 2.05) is 24.3 Å². The monoisotopic (exact) mass is 294 g/mol. The molecule has 4 nitrogen and oxygen atoms in total. The zero-order valence-electron chi connectivity index (χ0n) is 12.5. The van der Waals surface area contributed by atoms with Gasteiger partial charge in [0.1, 0.15) is 27.8 Å². The maximum atomic E-state index is 9.03. The highest BCUT2D eigenvalue weighted by Crippen LogP contribution is 2.20. The second kappa shape index (κ2) is 6.53. The number of fused-ring (bicyclic) bond motifs is 1. The SMILES string of the molecule is [B]c1ccc(CCNc2ncnc3ccc(C#N)cc23)cc1[B]. The van der Waals surface area contributed by atoms with Crippen molar-refractivity contribution >= 4 is 43.3 Å². The molecule has 0 aliphatic rings. The summed E-state index contributed by atoms with van der Waals surface area (Å²) in [6, 6.07) is 13.1. The lowest BCUT2D eigenvalue weighted by molar-refractivity contribution is 1.01. The lowest BCUT2D eigenvalue weighted by Gasteiger charge is -2.10. The zero-order chi connectivity index (χ0) is 16.2. The Morgan fingerprint density at radius 3 is 2.70 bits per heavy atom. The van der Waals surface area contributed by atoms with E-state index in [4.69, 9.17) is 21.0 Å². The van der Waals surface area contributed by atoms with Gasteiger partial charge in [0.2, 0.25) is 0 Å². The number of nitriles is 1. The van der Waals surface area contributed by atoms with Gasteiger partial charge in [0, 0.05) is 11.9 Å². The third kappa shape index (κ3) is 3.35. The molecule has 3 rings (SSSR count). The first-order valence-corrected chi connectivity index (χ1v) is 7.20. The highest BCUT2D eigenvalue weighted by atomic mass is 15.0. The van der Waals surface area contributed by atoms with Crippen LogP contribution in [-0.4, -0.2) is 32.2 Å². The van der Waals surface area contributed by atoms with E-state index < -0.39 is 0 Å². The Labute approximate surface area is 137 Å². The molecule has 0 aliphatic carbocycles. The molecule has 2 aromatic carbocycles. The normalized spacial score (nSPS) is 10.4. The molecule has 0 bridgehead atoms. The minimum Gasteiger partial charge on any atom is -0.369 e. The molecule has 0 aliphatic heterocycles. The minimum absolute atomic E-state index is 0.585. The van der Waals surface area contributed by atoms with Crippen LogP contribution in [0.5, 0.6) is 0 Å². The molecule has 0 spiro atoms. The number of benzene rings is 2. The van der Waals surface area contributed by atoms with Crippen LogP contribution in [0.3, 0.4) is 0 Å². The van der Waals surface area contributed by atoms with Gasteiger partial charge in [0.25, 0.3) is 0 Å². The fourth-order valence-electron chi connectivity index (χ4n) is 2.37. The zero-order valence-corrected chi connectivity index (χ0v) is 12.5. The van der Waals surface area contributed by atoms with E-state index in [0.717, 1.165) is 28.7 Å². The Kier molecular flexibility index (Phi) is 4.29. The van der Waals surface area contributed by atoms with E-state index in [1.54, 1.807) is 12.1 Å². The van der Waals surface area contributed by atoms with E-state index in [-0.39, 0.29) is 0 Å². The predicted molar refractivity (Wildman–Crippen MR) is 93.7 cm³/mol. The van der Waals surface area contributed by atoms with Gasteiger partial charge in [-0.05, 0) is 30.2 Å². The third-order valence-electron chi connectivity index (χ3n) is 3.62. The van der Waals surface area contributed by atoms with Gasteiger partial charge >= 0.3 is 0 Å². The Morgan fingerprint density at radius 1 is 1.04 bits per heavy atom. The summed E-state index contributed by atoms with van der Waals surface area (Å²) in [7, 11) is 11.5. The van der Waals surface area contributed by atoms with E-state index in [2.05, 4.69) is 21.4 Å². The number of hydrogen-bond acceptors (Lipinski definition) is 4. The molecule has 4 radical (unpaired) electrons. The van der Waals surface area contributed by atoms with E-state index in [9.17, 15) is 0 Å². The van der Waals surface area contributed by atoms with Crippen LogP contribution in [0.2, 0.25) is 0 Å². The molecule has 1 N–H and O–H groups in total. The van der Waals surface area contributed by atoms with Gasteiger partial charge in [-0.2, -0.15) is 5.26 Å². The van der Waals surface area contributed by atoms with Gasteiger partial charge in [-0.3, -0.25) is 0 Å². The smallest absolute Gasteiger partial charge is 0.137 e. The molecule has 0 saturated carbocycles. The molecule has 0 atom stereocenters. The number of hydrogen-bond donors (Lipinski definition) is 1. The van der Waals surface area contributed by atoms with Crippen molar-refractivity contribution in [3.05, 3.63) is 53.9 Å². The molecule has 1 heterocycles. The quantitative estimate of drug-likeness (QED) is 0.721. The molecule has 3 aromatic rings. The van der Waals surface area contributed by atoms with Crippen LogP contribution in [-0.2, 0) is 6.42 Å². The molecule has 0 unspecified atom stereocenters. The molecular weight excluding hydrogens is 282 g/mol. The third-order valence-corrected chi connectivity index (χ3v) is 3.62. The number of anilines is 1. The summed E-state index contributed by atoms with van der Waals surface area (Å²) in [6.45, 7) is 0.687. The van der Waals surface area contributed by atoms with E-state index in [1.165, 1.54) is 6.33 Å². The molecular formula is C17H12B2N4. The van der Waals surface area contributed by atoms with Crippen LogP contribution in [0.1, 0.15) is 11.1 Å². The van der Waals surface area contributed by atoms with Crippen LogP contribution >= 0.6 is 0 Å². The summed E-state index contributed by atoms with van der Waals surface area (Å²) in [4.78, 5) is 8.48. The molecule has 23 heavy (non-hydrogen) atoms. The first kappa shape index (κ1) is 15.1. The van der Waals surface area contributed by atoms with Gasteiger partial charge in [-0.1, -0.05) is 18.2 Å². The first-order chi connectivity index (χ1) is 11.2. The summed E-state index contributed by atoms with van der Waals surface area (Å²) >= 11 is 0. The topological polar surface area (TPSA) is 61.6 Å². The highest BCUT2D eigenvalue weighted by molar-refractivity contribution is 6.48. The fraction of sp³-hybridized carbons (Fsp3) is 0.118. The molecule has 0 amide bonds. The van der Waals surface area contributed by atoms with Gasteiger partial charge in [-0.25, -0.2) is 9.97 Å². The van der Waals surface area contributed by atoms with Crippen molar-refractivity contribution in [2.75, 3.05) is 11.9 Å². The average Bonchev–Trinajstić information content (AvgIpc) is 2.58. The summed E-state index contributed by atoms with van der Waals surface area (Å²) in [6.07, 6.45) is 2.30. The van der Waals surface area contributed by atoms with E-state index in [0.29, 0.717) is 23.0 Å². The van der Waals surface area contributed by atoms with Crippen molar-refractivity contribution in [1.82, 2.24) is 9.97 Å². The molecule has 106 valence electrons. The molecule has 0 saturated heterocycles. The number of nitrogens with zero attached hydrogens (tertiary/aromatic N) is 3. The van der Waals surface area contributed by atoms with Crippen molar-refractivity contribution in [2.24, 2.45) is 0 Å². The van der Waals surface area contributed by atoms with Gasteiger partial charge in [-0.15, -0.1) is 10.9 Å². The number of nitrogens with one attached hydrogen (secondary N) is 1. The number of aromatic nitrogens is 2. The summed E-state index contributed by atoms with van der Waals surface area (Å²) < 4.78 is 0. The standard InChI is InChI=1S/C17H12B2N4/c18-14-3-1-11(8-15(14)19)5-6-21-17-13-7-12(9-20)2-4-16(13)22-10-23-17/h1-4,7-8,10H,5-6H2,(H,21,22,23). The first-order valence-electron chi connectivity index (χ1n) is 7.20. The lowest BCUT2D eigenvalue weighted by Crippen LogP contribution is -2.25. The Morgan fingerprint density at radius 2 is 1.91 bits per heavy atom. The van der Waals surface area contributed by atoms with Crippen LogP contribution in [0.4, 0.5) is 5.82 Å². The Bertz CT molecular complexity index is 903. The maximum Gasteiger partial charge on any atom is 0.137 e. The Balaban J connectivity index is 1.76. The van der Waals surface area contributed by atoms with Crippen molar-refractivity contribution in [3.8, 4) is 6.07 Å². The fourth-order valence-corrected chi connectivity index (χ4v) is 2.37. The van der Waals surface area contributed by atoms with Gasteiger partial charge in [0.15, 0.2) is 0 Å². The van der Waals surface area contributed by atoms with Crippen LogP contribution < -0.4 is 16.2 Å². The average molecular weight is 294 g/mol. The van der Waals surface area contributed by atoms with Crippen molar-refractivity contribution < 1.29 is 0 Å².